The van der Waals surface area contributed by atoms with Crippen LogP contribution >= 0.6 is 15.9 Å². The maximum absolute atomic E-state index is 12.0. The summed E-state index contributed by atoms with van der Waals surface area (Å²) >= 11 is 3.34. The highest BCUT2D eigenvalue weighted by atomic mass is 79.9. The van der Waals surface area contributed by atoms with Crippen LogP contribution in [0.5, 0.6) is 0 Å². The Morgan fingerprint density at radius 1 is 1.50 bits per heavy atom. The summed E-state index contributed by atoms with van der Waals surface area (Å²) in [6.07, 6.45) is 5.67. The molecule has 1 aromatic rings. The first-order chi connectivity index (χ1) is 9.46. The number of nitrogens with zero attached hydrogens (tertiary/aromatic N) is 1. The lowest BCUT2D eigenvalue weighted by molar-refractivity contribution is 0.393. The molecule has 1 aliphatic heterocycles. The Balaban J connectivity index is 1.91. The predicted octanol–water partition coefficient (Wildman–Crippen LogP) is 2.43. The van der Waals surface area contributed by atoms with E-state index in [1.54, 1.807) is 12.3 Å². The maximum Gasteiger partial charge on any atom is 0.233 e. The highest BCUT2D eigenvalue weighted by Crippen LogP contribution is 2.18. The molecule has 2 N–H and O–H groups in total. The minimum absolute atomic E-state index is 0.126. The van der Waals surface area contributed by atoms with Crippen LogP contribution in [-0.4, -0.2) is 31.7 Å². The van der Waals surface area contributed by atoms with E-state index in [-0.39, 0.29) is 5.75 Å². The normalized spacial score (nSPS) is 19.8. The van der Waals surface area contributed by atoms with E-state index in [2.05, 4.69) is 31.0 Å². The van der Waals surface area contributed by atoms with Crippen molar-refractivity contribution in [3.63, 3.8) is 0 Å². The first-order valence-corrected chi connectivity index (χ1v) is 9.27. The molecule has 2 heterocycles. The van der Waals surface area contributed by atoms with E-state index in [9.17, 15) is 8.42 Å². The first kappa shape index (κ1) is 15.7. The van der Waals surface area contributed by atoms with Crippen molar-refractivity contribution in [2.45, 2.75) is 38.6 Å². The van der Waals surface area contributed by atoms with Gasteiger partial charge in [-0.2, -0.15) is 0 Å². The number of hydrogen-bond acceptors (Lipinski definition) is 4. The fraction of sp³-hybridized carbons (Fsp3) is 0.615. The first-order valence-electron chi connectivity index (χ1n) is 6.82. The van der Waals surface area contributed by atoms with Gasteiger partial charge >= 0.3 is 0 Å². The Kier molecular flexibility index (Phi) is 5.40. The molecule has 1 unspecified atom stereocenters. The second-order valence-corrected chi connectivity index (χ2v) is 7.87. The second-order valence-electron chi connectivity index (χ2n) is 5.18. The molecule has 20 heavy (non-hydrogen) atoms. The zero-order valence-electron chi connectivity index (χ0n) is 11.5. The Morgan fingerprint density at radius 2 is 2.30 bits per heavy atom. The number of aromatic nitrogens is 1. The number of aryl methyl sites for hydroxylation is 1. The Morgan fingerprint density at radius 3 is 2.95 bits per heavy atom. The van der Waals surface area contributed by atoms with Crippen LogP contribution in [0.25, 0.3) is 0 Å². The number of rotatable bonds is 5. The zero-order chi connectivity index (χ0) is 14.6. The van der Waals surface area contributed by atoms with Crippen molar-refractivity contribution in [3.8, 4) is 0 Å². The van der Waals surface area contributed by atoms with E-state index >= 15 is 0 Å². The highest BCUT2D eigenvalue weighted by Gasteiger charge is 2.18. The third kappa shape index (κ3) is 4.71. The molecule has 1 fully saturated rings. The van der Waals surface area contributed by atoms with Gasteiger partial charge in [0.2, 0.25) is 10.0 Å². The van der Waals surface area contributed by atoms with Gasteiger partial charge in [0.1, 0.15) is 5.82 Å². The van der Waals surface area contributed by atoms with Crippen molar-refractivity contribution in [1.29, 1.82) is 0 Å². The molecule has 1 aliphatic rings. The number of halogens is 1. The molecule has 2 rings (SSSR count). The van der Waals surface area contributed by atoms with Crippen LogP contribution in [0.4, 0.5) is 5.82 Å². The topological polar surface area (TPSA) is 71.1 Å². The van der Waals surface area contributed by atoms with Gasteiger partial charge in [-0.25, -0.2) is 13.4 Å². The third-order valence-electron chi connectivity index (χ3n) is 3.45. The average molecular weight is 362 g/mol. The van der Waals surface area contributed by atoms with Crippen molar-refractivity contribution in [3.05, 3.63) is 22.3 Å². The molecule has 1 atom stereocenters. The molecule has 0 aliphatic carbocycles. The quantitative estimate of drug-likeness (QED) is 0.844. The number of hydrogen-bond donors (Lipinski definition) is 2. The molecule has 0 spiro atoms. The fourth-order valence-corrected chi connectivity index (χ4v) is 3.62. The third-order valence-corrected chi connectivity index (χ3v) is 5.58. The minimum Gasteiger partial charge on any atom is -0.314 e. The van der Waals surface area contributed by atoms with Crippen LogP contribution < -0.4 is 10.0 Å². The van der Waals surface area contributed by atoms with E-state index in [0.717, 1.165) is 23.0 Å². The van der Waals surface area contributed by atoms with Gasteiger partial charge in [0.05, 0.1) is 5.75 Å². The molecule has 112 valence electrons. The summed E-state index contributed by atoms with van der Waals surface area (Å²) < 4.78 is 27.5. The molecule has 0 radical (unpaired) electrons. The van der Waals surface area contributed by atoms with E-state index in [1.807, 2.05) is 6.92 Å². The number of pyridine rings is 1. The summed E-state index contributed by atoms with van der Waals surface area (Å²) in [5.41, 5.74) is 0.951. The van der Waals surface area contributed by atoms with Gasteiger partial charge in [0.15, 0.2) is 0 Å². The summed E-state index contributed by atoms with van der Waals surface area (Å²) in [5.74, 6) is 0.504. The van der Waals surface area contributed by atoms with Crippen molar-refractivity contribution >= 4 is 31.8 Å². The summed E-state index contributed by atoms with van der Waals surface area (Å²) in [6.45, 7) is 2.89. The van der Waals surface area contributed by atoms with Gasteiger partial charge in [0.25, 0.3) is 0 Å². The van der Waals surface area contributed by atoms with Gasteiger partial charge < -0.3 is 5.32 Å². The predicted molar refractivity (Wildman–Crippen MR) is 84.3 cm³/mol. The number of nitrogens with one attached hydrogen (secondary N) is 2. The molecule has 1 saturated heterocycles. The Hall–Kier alpha value is -0.660. The molecule has 0 amide bonds. The van der Waals surface area contributed by atoms with Crippen LogP contribution in [0, 0.1) is 6.92 Å². The Labute approximate surface area is 128 Å². The SMILES string of the molecule is Cc1cc(NS(=O)(=O)CCC2CCCCN2)ncc1Br. The molecule has 0 bridgehead atoms. The van der Waals surface area contributed by atoms with Crippen LogP contribution in [0.3, 0.4) is 0 Å². The molecular weight excluding hydrogens is 342 g/mol. The average Bonchev–Trinajstić information content (AvgIpc) is 2.42. The smallest absolute Gasteiger partial charge is 0.233 e. The van der Waals surface area contributed by atoms with E-state index in [4.69, 9.17) is 0 Å². The van der Waals surface area contributed by atoms with Crippen LogP contribution in [0.15, 0.2) is 16.7 Å². The lowest BCUT2D eigenvalue weighted by atomic mass is 10.0. The van der Waals surface area contributed by atoms with E-state index < -0.39 is 10.0 Å². The summed E-state index contributed by atoms with van der Waals surface area (Å²) in [5, 5.41) is 3.36. The highest BCUT2D eigenvalue weighted by molar-refractivity contribution is 9.10. The van der Waals surface area contributed by atoms with E-state index in [0.29, 0.717) is 18.3 Å². The van der Waals surface area contributed by atoms with Crippen molar-refractivity contribution in [1.82, 2.24) is 10.3 Å². The number of sulfonamides is 1. The molecule has 1 aromatic heterocycles. The largest absolute Gasteiger partial charge is 0.314 e. The molecular formula is C13H20BrN3O2S. The van der Waals surface area contributed by atoms with Gasteiger partial charge in [-0.15, -0.1) is 0 Å². The lowest BCUT2D eigenvalue weighted by Crippen LogP contribution is -2.36. The summed E-state index contributed by atoms with van der Waals surface area (Å²) in [6, 6.07) is 2.04. The van der Waals surface area contributed by atoms with Crippen molar-refractivity contribution < 1.29 is 8.42 Å². The standard InChI is InChI=1S/C13H20BrN3O2S/c1-10-8-13(16-9-12(10)14)17-20(18,19)7-5-11-4-2-3-6-15-11/h8-9,11,15H,2-7H2,1H3,(H,16,17). The molecule has 5 nitrogen and oxygen atoms in total. The summed E-state index contributed by atoms with van der Waals surface area (Å²) in [7, 11) is -3.33. The summed E-state index contributed by atoms with van der Waals surface area (Å²) in [4.78, 5) is 4.07. The van der Waals surface area contributed by atoms with Crippen LogP contribution in [0.2, 0.25) is 0 Å². The van der Waals surface area contributed by atoms with Gasteiger partial charge in [0, 0.05) is 16.7 Å². The van der Waals surface area contributed by atoms with E-state index in [1.165, 1.54) is 12.8 Å². The minimum atomic E-state index is -3.33. The van der Waals surface area contributed by atoms with Crippen LogP contribution in [0.1, 0.15) is 31.2 Å². The zero-order valence-corrected chi connectivity index (χ0v) is 13.9. The lowest BCUT2D eigenvalue weighted by Gasteiger charge is -2.23. The molecule has 7 heteroatoms. The van der Waals surface area contributed by atoms with Gasteiger partial charge in [-0.05, 0) is 60.3 Å². The number of piperidine rings is 1. The number of anilines is 1. The van der Waals surface area contributed by atoms with Crippen LogP contribution in [-0.2, 0) is 10.0 Å². The second kappa shape index (κ2) is 6.87. The van der Waals surface area contributed by atoms with Gasteiger partial charge in [-0.1, -0.05) is 6.42 Å². The fourth-order valence-electron chi connectivity index (χ4n) is 2.27. The van der Waals surface area contributed by atoms with Crippen molar-refractivity contribution in [2.24, 2.45) is 0 Å². The monoisotopic (exact) mass is 361 g/mol. The maximum atomic E-state index is 12.0. The van der Waals surface area contributed by atoms with Gasteiger partial charge in [-0.3, -0.25) is 4.72 Å². The molecule has 0 aromatic carbocycles. The Bertz CT molecular complexity index is 557. The van der Waals surface area contributed by atoms with Crippen molar-refractivity contribution in [2.75, 3.05) is 17.0 Å². The molecule has 0 saturated carbocycles.